The molecule has 1 aliphatic rings. The fourth-order valence-electron chi connectivity index (χ4n) is 2.39. The molecule has 0 fully saturated rings. The van der Waals surface area contributed by atoms with Crippen LogP contribution in [0, 0.1) is 5.41 Å². The SMILES string of the molecule is CC(C)(C)CC(N)c1ccc2c(c1)CCCO2. The Balaban J connectivity index is 2.16. The van der Waals surface area contributed by atoms with Crippen molar-refractivity contribution in [2.75, 3.05) is 6.61 Å². The molecule has 0 amide bonds. The summed E-state index contributed by atoms with van der Waals surface area (Å²) in [5.74, 6) is 1.04. The Morgan fingerprint density at radius 2 is 2.12 bits per heavy atom. The van der Waals surface area contributed by atoms with Gasteiger partial charge in [0.25, 0.3) is 0 Å². The molecule has 0 saturated carbocycles. The van der Waals surface area contributed by atoms with Gasteiger partial charge in [-0.3, -0.25) is 0 Å². The molecular weight excluding hydrogens is 210 g/mol. The number of ether oxygens (including phenoxy) is 1. The summed E-state index contributed by atoms with van der Waals surface area (Å²) in [4.78, 5) is 0. The van der Waals surface area contributed by atoms with E-state index in [1.165, 1.54) is 11.1 Å². The molecule has 1 unspecified atom stereocenters. The van der Waals surface area contributed by atoms with Crippen LogP contribution in [0.2, 0.25) is 0 Å². The first kappa shape index (κ1) is 12.4. The Labute approximate surface area is 104 Å². The highest BCUT2D eigenvalue weighted by atomic mass is 16.5. The predicted octanol–water partition coefficient (Wildman–Crippen LogP) is 3.45. The van der Waals surface area contributed by atoms with Gasteiger partial charge in [-0.15, -0.1) is 0 Å². The van der Waals surface area contributed by atoms with Crippen LogP contribution in [-0.2, 0) is 6.42 Å². The minimum Gasteiger partial charge on any atom is -0.493 e. The van der Waals surface area contributed by atoms with E-state index in [9.17, 15) is 0 Å². The molecule has 2 rings (SSSR count). The third-order valence-corrected chi connectivity index (χ3v) is 3.19. The number of aryl methyl sites for hydroxylation is 1. The minimum absolute atomic E-state index is 0.127. The van der Waals surface area contributed by atoms with Crippen LogP contribution in [0.25, 0.3) is 0 Å². The highest BCUT2D eigenvalue weighted by molar-refractivity contribution is 5.39. The molecule has 0 aromatic heterocycles. The molecule has 0 radical (unpaired) electrons. The molecule has 2 heteroatoms. The molecule has 1 aromatic rings. The van der Waals surface area contributed by atoms with Crippen molar-refractivity contribution in [2.45, 2.75) is 46.1 Å². The lowest BCUT2D eigenvalue weighted by molar-refractivity contribution is 0.287. The molecule has 0 spiro atoms. The van der Waals surface area contributed by atoms with Gasteiger partial charge < -0.3 is 10.5 Å². The summed E-state index contributed by atoms with van der Waals surface area (Å²) < 4.78 is 5.62. The number of nitrogens with two attached hydrogens (primary N) is 1. The molecule has 94 valence electrons. The molecular formula is C15H23NO. The van der Waals surface area contributed by atoms with E-state index >= 15 is 0 Å². The first-order chi connectivity index (χ1) is 7.96. The molecule has 0 aliphatic carbocycles. The summed E-state index contributed by atoms with van der Waals surface area (Å²) in [6.45, 7) is 7.54. The molecule has 1 atom stereocenters. The smallest absolute Gasteiger partial charge is 0.122 e. The van der Waals surface area contributed by atoms with Crippen molar-refractivity contribution >= 4 is 0 Å². The fourth-order valence-corrected chi connectivity index (χ4v) is 2.39. The molecule has 1 heterocycles. The summed E-state index contributed by atoms with van der Waals surface area (Å²) in [6.07, 6.45) is 3.24. The normalized spacial score (nSPS) is 17.2. The summed E-state index contributed by atoms with van der Waals surface area (Å²) >= 11 is 0. The number of fused-ring (bicyclic) bond motifs is 1. The van der Waals surface area contributed by atoms with Gasteiger partial charge in [0.05, 0.1) is 6.61 Å². The monoisotopic (exact) mass is 233 g/mol. The largest absolute Gasteiger partial charge is 0.493 e. The lowest BCUT2D eigenvalue weighted by Gasteiger charge is -2.25. The van der Waals surface area contributed by atoms with Crippen LogP contribution in [0.5, 0.6) is 5.75 Å². The average molecular weight is 233 g/mol. The average Bonchev–Trinajstić information content (AvgIpc) is 2.26. The van der Waals surface area contributed by atoms with Crippen molar-refractivity contribution in [2.24, 2.45) is 11.1 Å². The summed E-state index contributed by atoms with van der Waals surface area (Å²) in [7, 11) is 0. The van der Waals surface area contributed by atoms with Crippen LogP contribution in [0.15, 0.2) is 18.2 Å². The van der Waals surface area contributed by atoms with E-state index in [0.717, 1.165) is 31.6 Å². The molecule has 0 saturated heterocycles. The first-order valence-electron chi connectivity index (χ1n) is 6.47. The molecule has 0 bridgehead atoms. The minimum atomic E-state index is 0.127. The first-order valence-corrected chi connectivity index (χ1v) is 6.47. The zero-order chi connectivity index (χ0) is 12.5. The van der Waals surface area contributed by atoms with Crippen LogP contribution in [0.1, 0.15) is 50.8 Å². The number of benzene rings is 1. The van der Waals surface area contributed by atoms with Gasteiger partial charge >= 0.3 is 0 Å². The second-order valence-electron chi connectivity index (χ2n) is 6.19. The summed E-state index contributed by atoms with van der Waals surface area (Å²) in [6, 6.07) is 6.54. The van der Waals surface area contributed by atoms with Crippen molar-refractivity contribution in [3.63, 3.8) is 0 Å². The van der Waals surface area contributed by atoms with Crippen LogP contribution >= 0.6 is 0 Å². The molecule has 1 aromatic carbocycles. The quantitative estimate of drug-likeness (QED) is 0.849. The van der Waals surface area contributed by atoms with Crippen molar-refractivity contribution < 1.29 is 4.74 Å². The Morgan fingerprint density at radius 1 is 1.35 bits per heavy atom. The standard InChI is InChI=1S/C15H23NO/c1-15(2,3)10-13(16)11-6-7-14-12(9-11)5-4-8-17-14/h6-7,9,13H,4-5,8,10,16H2,1-3H3. The third-order valence-electron chi connectivity index (χ3n) is 3.19. The van der Waals surface area contributed by atoms with E-state index in [1.807, 2.05) is 0 Å². The van der Waals surface area contributed by atoms with Crippen LogP contribution < -0.4 is 10.5 Å². The summed E-state index contributed by atoms with van der Waals surface area (Å²) in [5, 5.41) is 0. The van der Waals surface area contributed by atoms with E-state index in [4.69, 9.17) is 10.5 Å². The van der Waals surface area contributed by atoms with Gasteiger partial charge in [0, 0.05) is 6.04 Å². The van der Waals surface area contributed by atoms with Crippen molar-refractivity contribution in [3.05, 3.63) is 29.3 Å². The molecule has 2 nitrogen and oxygen atoms in total. The Kier molecular flexibility index (Phi) is 3.43. The van der Waals surface area contributed by atoms with Crippen molar-refractivity contribution in [1.82, 2.24) is 0 Å². The highest BCUT2D eigenvalue weighted by Crippen LogP contribution is 2.31. The Bertz CT molecular complexity index is 392. The second kappa shape index (κ2) is 4.69. The zero-order valence-electron chi connectivity index (χ0n) is 11.1. The van der Waals surface area contributed by atoms with Crippen LogP contribution in [0.3, 0.4) is 0 Å². The van der Waals surface area contributed by atoms with Gasteiger partial charge in [-0.25, -0.2) is 0 Å². The maximum atomic E-state index is 6.27. The van der Waals surface area contributed by atoms with E-state index in [2.05, 4.69) is 39.0 Å². The molecule has 1 aliphatic heterocycles. The Morgan fingerprint density at radius 3 is 2.82 bits per heavy atom. The second-order valence-corrected chi connectivity index (χ2v) is 6.19. The zero-order valence-corrected chi connectivity index (χ0v) is 11.1. The number of hydrogen-bond acceptors (Lipinski definition) is 2. The maximum absolute atomic E-state index is 6.27. The van der Waals surface area contributed by atoms with Gasteiger partial charge in [-0.2, -0.15) is 0 Å². The number of rotatable bonds is 2. The van der Waals surface area contributed by atoms with Gasteiger partial charge in [-0.05, 0) is 41.9 Å². The van der Waals surface area contributed by atoms with Gasteiger partial charge in [-0.1, -0.05) is 32.9 Å². The van der Waals surface area contributed by atoms with E-state index in [0.29, 0.717) is 0 Å². The van der Waals surface area contributed by atoms with Crippen LogP contribution in [-0.4, -0.2) is 6.61 Å². The van der Waals surface area contributed by atoms with Crippen molar-refractivity contribution in [1.29, 1.82) is 0 Å². The lowest BCUT2D eigenvalue weighted by atomic mass is 9.85. The number of hydrogen-bond donors (Lipinski definition) is 1. The summed E-state index contributed by atoms with van der Waals surface area (Å²) in [5.41, 5.74) is 9.10. The van der Waals surface area contributed by atoms with Gasteiger partial charge in [0.1, 0.15) is 5.75 Å². The van der Waals surface area contributed by atoms with E-state index < -0.39 is 0 Å². The molecule has 17 heavy (non-hydrogen) atoms. The van der Waals surface area contributed by atoms with Gasteiger partial charge in [0.2, 0.25) is 0 Å². The maximum Gasteiger partial charge on any atom is 0.122 e. The van der Waals surface area contributed by atoms with Gasteiger partial charge in [0.15, 0.2) is 0 Å². The molecule has 2 N–H and O–H groups in total. The Hall–Kier alpha value is -1.02. The predicted molar refractivity (Wildman–Crippen MR) is 71.3 cm³/mol. The van der Waals surface area contributed by atoms with E-state index in [-0.39, 0.29) is 11.5 Å². The topological polar surface area (TPSA) is 35.2 Å². The van der Waals surface area contributed by atoms with Crippen LogP contribution in [0.4, 0.5) is 0 Å². The fraction of sp³-hybridized carbons (Fsp3) is 0.600. The lowest BCUT2D eigenvalue weighted by Crippen LogP contribution is -2.19. The van der Waals surface area contributed by atoms with E-state index in [1.54, 1.807) is 0 Å². The van der Waals surface area contributed by atoms with Crippen molar-refractivity contribution in [3.8, 4) is 5.75 Å². The third kappa shape index (κ3) is 3.22. The highest BCUT2D eigenvalue weighted by Gasteiger charge is 2.18.